The van der Waals surface area contributed by atoms with E-state index in [1.807, 2.05) is 6.07 Å². The van der Waals surface area contributed by atoms with E-state index in [4.69, 9.17) is 16.3 Å². The minimum atomic E-state index is -0.687. The van der Waals surface area contributed by atoms with E-state index in [0.29, 0.717) is 10.6 Å². The fourth-order valence-electron chi connectivity index (χ4n) is 3.06. The Morgan fingerprint density at radius 3 is 2.87 bits per heavy atom. The van der Waals surface area contributed by atoms with Gasteiger partial charge in [-0.25, -0.2) is 9.18 Å². The van der Waals surface area contributed by atoms with E-state index in [0.717, 1.165) is 24.0 Å². The van der Waals surface area contributed by atoms with Crippen molar-refractivity contribution in [3.63, 3.8) is 0 Å². The van der Waals surface area contributed by atoms with Crippen molar-refractivity contribution in [2.24, 2.45) is 0 Å². The molecule has 0 unspecified atom stereocenters. The Balaban J connectivity index is 1.91. The van der Waals surface area contributed by atoms with Crippen LogP contribution in [-0.4, -0.2) is 13.1 Å². The predicted molar refractivity (Wildman–Crippen MR) is 86.8 cm³/mol. The molecule has 1 aliphatic rings. The van der Waals surface area contributed by atoms with Gasteiger partial charge in [0.2, 0.25) is 0 Å². The molecular formula is C18H17ClFNO2. The number of halogens is 2. The van der Waals surface area contributed by atoms with E-state index >= 15 is 0 Å². The second-order valence-corrected chi connectivity index (χ2v) is 5.99. The molecule has 0 heterocycles. The molecule has 0 radical (unpaired) electrons. The van der Waals surface area contributed by atoms with Crippen LogP contribution in [0.5, 0.6) is 0 Å². The van der Waals surface area contributed by atoms with Gasteiger partial charge in [0.25, 0.3) is 0 Å². The zero-order valence-electron chi connectivity index (χ0n) is 12.7. The lowest BCUT2D eigenvalue weighted by Gasteiger charge is -2.23. The summed E-state index contributed by atoms with van der Waals surface area (Å²) < 4.78 is 18.5. The SMILES string of the molecule is COC(=O)[C@@H](N[C@H]1CCc2ccc(F)cc21)c1ccccc1Cl. The molecule has 0 saturated heterocycles. The number of hydrogen-bond donors (Lipinski definition) is 1. The first-order valence-corrected chi connectivity index (χ1v) is 7.84. The van der Waals surface area contributed by atoms with Crippen molar-refractivity contribution in [2.75, 3.05) is 7.11 Å². The van der Waals surface area contributed by atoms with Gasteiger partial charge in [0.05, 0.1) is 7.11 Å². The van der Waals surface area contributed by atoms with Gasteiger partial charge in [-0.1, -0.05) is 35.9 Å². The molecule has 3 nitrogen and oxygen atoms in total. The van der Waals surface area contributed by atoms with Crippen LogP contribution in [0.25, 0.3) is 0 Å². The van der Waals surface area contributed by atoms with Crippen molar-refractivity contribution >= 4 is 17.6 Å². The third kappa shape index (κ3) is 3.23. The fraction of sp³-hybridized carbons (Fsp3) is 0.278. The topological polar surface area (TPSA) is 38.3 Å². The average molecular weight is 334 g/mol. The molecule has 3 rings (SSSR count). The number of aryl methyl sites for hydroxylation is 1. The first kappa shape index (κ1) is 16.0. The molecule has 0 saturated carbocycles. The summed E-state index contributed by atoms with van der Waals surface area (Å²) in [5, 5.41) is 3.77. The van der Waals surface area contributed by atoms with Gasteiger partial charge < -0.3 is 4.74 Å². The highest BCUT2D eigenvalue weighted by atomic mass is 35.5. The minimum absolute atomic E-state index is 0.110. The molecule has 2 atom stereocenters. The zero-order chi connectivity index (χ0) is 16.4. The second-order valence-electron chi connectivity index (χ2n) is 5.58. The summed E-state index contributed by atoms with van der Waals surface area (Å²) in [5.74, 6) is -0.687. The van der Waals surface area contributed by atoms with Gasteiger partial charge in [-0.3, -0.25) is 5.32 Å². The Labute approximate surface area is 139 Å². The number of hydrogen-bond acceptors (Lipinski definition) is 3. The van der Waals surface area contributed by atoms with Crippen LogP contribution in [0.1, 0.15) is 35.2 Å². The standard InChI is InChI=1S/C18H17ClFNO2/c1-23-18(22)17(13-4-2-3-5-15(13)19)21-16-9-7-11-6-8-12(20)10-14(11)16/h2-6,8,10,16-17,21H,7,9H2,1H3/t16-,17-/m0/s1. The predicted octanol–water partition coefficient (Wildman–Crippen LogP) is 3.97. The molecule has 2 aromatic carbocycles. The number of esters is 1. The van der Waals surface area contributed by atoms with Gasteiger partial charge in [0.15, 0.2) is 0 Å². The summed E-state index contributed by atoms with van der Waals surface area (Å²) in [6.45, 7) is 0. The van der Waals surface area contributed by atoms with Crippen LogP contribution in [0.4, 0.5) is 4.39 Å². The van der Waals surface area contributed by atoms with Crippen molar-refractivity contribution in [3.05, 3.63) is 70.0 Å². The van der Waals surface area contributed by atoms with Crippen LogP contribution in [0.3, 0.4) is 0 Å². The highest BCUT2D eigenvalue weighted by Gasteiger charge is 2.30. The zero-order valence-corrected chi connectivity index (χ0v) is 13.4. The molecular weight excluding hydrogens is 317 g/mol. The Kier molecular flexibility index (Phi) is 4.64. The maximum atomic E-state index is 13.5. The van der Waals surface area contributed by atoms with Crippen molar-refractivity contribution in [2.45, 2.75) is 24.9 Å². The van der Waals surface area contributed by atoms with Crippen molar-refractivity contribution in [1.29, 1.82) is 0 Å². The van der Waals surface area contributed by atoms with Crippen molar-refractivity contribution in [3.8, 4) is 0 Å². The number of nitrogens with one attached hydrogen (secondary N) is 1. The lowest BCUT2D eigenvalue weighted by Crippen LogP contribution is -2.32. The number of fused-ring (bicyclic) bond motifs is 1. The van der Waals surface area contributed by atoms with Crippen LogP contribution in [0.2, 0.25) is 5.02 Å². The molecule has 0 fully saturated rings. The lowest BCUT2D eigenvalue weighted by atomic mass is 10.0. The molecule has 1 aliphatic carbocycles. The van der Waals surface area contributed by atoms with Crippen LogP contribution < -0.4 is 5.32 Å². The summed E-state index contributed by atoms with van der Waals surface area (Å²) in [5.41, 5.74) is 2.66. The number of carbonyl (C=O) groups excluding carboxylic acids is 1. The van der Waals surface area contributed by atoms with Crippen molar-refractivity contribution < 1.29 is 13.9 Å². The van der Waals surface area contributed by atoms with Gasteiger partial charge in [-0.2, -0.15) is 0 Å². The van der Waals surface area contributed by atoms with E-state index in [2.05, 4.69) is 5.32 Å². The summed E-state index contributed by atoms with van der Waals surface area (Å²) in [7, 11) is 1.34. The highest BCUT2D eigenvalue weighted by Crippen LogP contribution is 2.35. The van der Waals surface area contributed by atoms with Gasteiger partial charge in [0.1, 0.15) is 11.9 Å². The molecule has 1 N–H and O–H groups in total. The first-order chi connectivity index (χ1) is 11.1. The molecule has 0 aromatic heterocycles. The second kappa shape index (κ2) is 6.69. The lowest BCUT2D eigenvalue weighted by molar-refractivity contribution is -0.143. The molecule has 0 amide bonds. The molecule has 23 heavy (non-hydrogen) atoms. The van der Waals surface area contributed by atoms with Crippen LogP contribution in [0, 0.1) is 5.82 Å². The van der Waals surface area contributed by atoms with E-state index in [-0.39, 0.29) is 11.9 Å². The Morgan fingerprint density at radius 2 is 2.13 bits per heavy atom. The molecule has 5 heteroatoms. The van der Waals surface area contributed by atoms with E-state index in [1.54, 1.807) is 24.3 Å². The number of benzene rings is 2. The quantitative estimate of drug-likeness (QED) is 0.860. The molecule has 0 spiro atoms. The number of rotatable bonds is 4. The van der Waals surface area contributed by atoms with Gasteiger partial charge in [0, 0.05) is 11.1 Å². The number of methoxy groups -OCH3 is 1. The minimum Gasteiger partial charge on any atom is -0.468 e. The third-order valence-corrected chi connectivity index (χ3v) is 4.55. The number of ether oxygens (including phenoxy) is 1. The largest absolute Gasteiger partial charge is 0.468 e. The molecule has 0 bridgehead atoms. The van der Waals surface area contributed by atoms with Gasteiger partial charge in [-0.15, -0.1) is 0 Å². The Bertz CT molecular complexity index is 735. The average Bonchev–Trinajstić information content (AvgIpc) is 2.95. The van der Waals surface area contributed by atoms with Gasteiger partial charge in [-0.05, 0) is 47.7 Å². The number of carbonyl (C=O) groups is 1. The third-order valence-electron chi connectivity index (χ3n) is 4.21. The Morgan fingerprint density at radius 1 is 1.35 bits per heavy atom. The summed E-state index contributed by atoms with van der Waals surface area (Å²) >= 11 is 6.22. The summed E-state index contributed by atoms with van der Waals surface area (Å²) in [4.78, 5) is 12.2. The maximum Gasteiger partial charge on any atom is 0.327 e. The molecule has 2 aromatic rings. The van der Waals surface area contributed by atoms with E-state index < -0.39 is 12.0 Å². The van der Waals surface area contributed by atoms with Gasteiger partial charge >= 0.3 is 5.97 Å². The summed E-state index contributed by atoms with van der Waals surface area (Å²) in [6, 6.07) is 11.1. The highest BCUT2D eigenvalue weighted by molar-refractivity contribution is 6.31. The fourth-order valence-corrected chi connectivity index (χ4v) is 3.30. The van der Waals surface area contributed by atoms with Crippen LogP contribution in [-0.2, 0) is 16.0 Å². The Hall–Kier alpha value is -1.91. The van der Waals surface area contributed by atoms with Crippen molar-refractivity contribution in [1.82, 2.24) is 5.32 Å². The summed E-state index contributed by atoms with van der Waals surface area (Å²) in [6.07, 6.45) is 1.65. The normalized spacial score (nSPS) is 17.6. The van der Waals surface area contributed by atoms with E-state index in [1.165, 1.54) is 19.2 Å². The van der Waals surface area contributed by atoms with E-state index in [9.17, 15) is 9.18 Å². The first-order valence-electron chi connectivity index (χ1n) is 7.47. The molecule has 0 aliphatic heterocycles. The molecule has 120 valence electrons. The van der Waals surface area contributed by atoms with Crippen LogP contribution >= 0.6 is 11.6 Å². The monoisotopic (exact) mass is 333 g/mol. The van der Waals surface area contributed by atoms with Crippen LogP contribution in [0.15, 0.2) is 42.5 Å². The maximum absolute atomic E-state index is 13.5. The smallest absolute Gasteiger partial charge is 0.327 e.